The summed E-state index contributed by atoms with van der Waals surface area (Å²) in [6.45, 7) is 2.71. The fraction of sp³-hybridized carbons (Fsp3) is 0.385. The van der Waals surface area contributed by atoms with Crippen LogP contribution in [0.25, 0.3) is 0 Å². The van der Waals surface area contributed by atoms with Crippen LogP contribution in [0, 0.1) is 0 Å². The Kier molecular flexibility index (Phi) is 3.24. The van der Waals surface area contributed by atoms with E-state index >= 15 is 0 Å². The number of carbonyl (C=O) groups excluding carboxylic acids is 2. The maximum Gasteiger partial charge on any atom is 0.237 e. The first kappa shape index (κ1) is 11.8. The van der Waals surface area contributed by atoms with Gasteiger partial charge in [0.15, 0.2) is 0 Å². The van der Waals surface area contributed by atoms with Crippen LogP contribution in [0.4, 0.5) is 0 Å². The molecule has 4 nitrogen and oxygen atoms in total. The number of hydrogen-bond acceptors (Lipinski definition) is 3. The zero-order chi connectivity index (χ0) is 12.4. The second kappa shape index (κ2) is 4.67. The van der Waals surface area contributed by atoms with Crippen molar-refractivity contribution in [2.24, 2.45) is 5.73 Å². The van der Waals surface area contributed by atoms with E-state index in [1.807, 2.05) is 31.2 Å². The van der Waals surface area contributed by atoms with Gasteiger partial charge in [-0.05, 0) is 18.1 Å². The van der Waals surface area contributed by atoms with Gasteiger partial charge in [0.2, 0.25) is 11.8 Å². The van der Waals surface area contributed by atoms with Crippen LogP contribution in [0.3, 0.4) is 0 Å². The Balaban J connectivity index is 2.29. The highest BCUT2D eigenvalue weighted by molar-refractivity contribution is 6.06. The molecular formula is C13H16N2O2. The average molecular weight is 232 g/mol. The van der Waals surface area contributed by atoms with Crippen molar-refractivity contribution in [1.29, 1.82) is 0 Å². The average Bonchev–Trinajstić information content (AvgIpc) is 2.64. The molecule has 2 N–H and O–H groups in total. The minimum Gasteiger partial charge on any atom is -0.326 e. The van der Waals surface area contributed by atoms with Crippen LogP contribution in [-0.2, 0) is 16.1 Å². The lowest BCUT2D eigenvalue weighted by molar-refractivity contribution is -0.138. The van der Waals surface area contributed by atoms with Crippen molar-refractivity contribution < 1.29 is 9.59 Å². The number of nitrogens with zero attached hydrogens (tertiary/aromatic N) is 1. The summed E-state index contributed by atoms with van der Waals surface area (Å²) in [6, 6.07) is 7.59. The molecule has 1 atom stereocenters. The Morgan fingerprint density at radius 2 is 2.18 bits per heavy atom. The third-order valence-corrected chi connectivity index (χ3v) is 3.15. The van der Waals surface area contributed by atoms with E-state index in [0.29, 0.717) is 13.1 Å². The molecule has 1 heterocycles. The maximum atomic E-state index is 12.0. The van der Waals surface area contributed by atoms with Gasteiger partial charge < -0.3 is 5.73 Å². The van der Waals surface area contributed by atoms with Crippen LogP contribution in [0.15, 0.2) is 24.3 Å². The molecule has 0 aliphatic carbocycles. The minimum absolute atomic E-state index is 0.0827. The quantitative estimate of drug-likeness (QED) is 0.791. The molecular weight excluding hydrogens is 216 g/mol. The Morgan fingerprint density at radius 1 is 1.41 bits per heavy atom. The zero-order valence-corrected chi connectivity index (χ0v) is 9.85. The highest BCUT2D eigenvalue weighted by Gasteiger charge is 2.38. The van der Waals surface area contributed by atoms with Crippen LogP contribution in [-0.4, -0.2) is 23.3 Å². The fourth-order valence-corrected chi connectivity index (χ4v) is 2.21. The molecule has 2 rings (SSSR count). The third-order valence-electron chi connectivity index (χ3n) is 3.15. The van der Waals surface area contributed by atoms with Gasteiger partial charge in [0, 0.05) is 19.5 Å². The summed E-state index contributed by atoms with van der Waals surface area (Å²) >= 11 is 0. The van der Waals surface area contributed by atoms with Crippen molar-refractivity contribution >= 4 is 11.8 Å². The molecule has 1 fully saturated rings. The third kappa shape index (κ3) is 2.08. The van der Waals surface area contributed by atoms with E-state index in [1.54, 1.807) is 0 Å². The number of rotatable bonds is 3. The molecule has 1 unspecified atom stereocenters. The predicted octanol–water partition coefficient (Wildman–Crippen LogP) is 1.01. The summed E-state index contributed by atoms with van der Waals surface area (Å²) in [5.41, 5.74) is 7.45. The molecule has 1 aliphatic heterocycles. The van der Waals surface area contributed by atoms with Gasteiger partial charge in [-0.15, -0.1) is 0 Å². The number of carbonyl (C=O) groups is 2. The van der Waals surface area contributed by atoms with Crippen molar-refractivity contribution in [2.45, 2.75) is 25.8 Å². The molecule has 1 saturated heterocycles. The van der Waals surface area contributed by atoms with E-state index in [0.717, 1.165) is 11.1 Å². The number of imide groups is 1. The van der Waals surface area contributed by atoms with Crippen molar-refractivity contribution in [2.75, 3.05) is 6.54 Å². The number of hydrogen-bond donors (Lipinski definition) is 1. The molecule has 2 amide bonds. The van der Waals surface area contributed by atoms with Gasteiger partial charge >= 0.3 is 0 Å². The number of likely N-dealkylation sites (tertiary alicyclic amines) is 1. The van der Waals surface area contributed by atoms with Gasteiger partial charge in [-0.1, -0.05) is 24.3 Å². The Bertz CT molecular complexity index is 456. The second-order valence-electron chi connectivity index (χ2n) is 4.18. The zero-order valence-electron chi connectivity index (χ0n) is 9.85. The highest BCUT2D eigenvalue weighted by Crippen LogP contribution is 2.29. The van der Waals surface area contributed by atoms with Gasteiger partial charge in [-0.25, -0.2) is 0 Å². The van der Waals surface area contributed by atoms with Crippen LogP contribution < -0.4 is 5.73 Å². The summed E-state index contributed by atoms with van der Waals surface area (Å²) in [4.78, 5) is 25.0. The molecule has 0 saturated carbocycles. The Labute approximate surface area is 100 Å². The summed E-state index contributed by atoms with van der Waals surface area (Å²) in [6.07, 6.45) is 0.278. The fourth-order valence-electron chi connectivity index (χ4n) is 2.21. The summed E-state index contributed by atoms with van der Waals surface area (Å²) in [7, 11) is 0. The number of nitrogens with two attached hydrogens (primary N) is 1. The molecule has 90 valence electrons. The van der Waals surface area contributed by atoms with E-state index in [4.69, 9.17) is 5.73 Å². The van der Waals surface area contributed by atoms with Gasteiger partial charge in [-0.2, -0.15) is 0 Å². The maximum absolute atomic E-state index is 12.0. The first-order valence-corrected chi connectivity index (χ1v) is 5.80. The van der Waals surface area contributed by atoms with Gasteiger partial charge in [0.1, 0.15) is 0 Å². The molecule has 1 aromatic carbocycles. The SMILES string of the molecule is CCN1C(=O)CC(c2cccc(CN)c2)C1=O. The largest absolute Gasteiger partial charge is 0.326 e. The lowest BCUT2D eigenvalue weighted by Crippen LogP contribution is -2.29. The van der Waals surface area contributed by atoms with Gasteiger partial charge in [0.05, 0.1) is 5.92 Å². The Morgan fingerprint density at radius 3 is 2.76 bits per heavy atom. The van der Waals surface area contributed by atoms with E-state index < -0.39 is 0 Å². The predicted molar refractivity (Wildman–Crippen MR) is 64.1 cm³/mol. The topological polar surface area (TPSA) is 63.4 Å². The summed E-state index contributed by atoms with van der Waals surface area (Å²) in [5.74, 6) is -0.499. The van der Waals surface area contributed by atoms with Crippen LogP contribution in [0.5, 0.6) is 0 Å². The lowest BCUT2D eigenvalue weighted by Gasteiger charge is -2.12. The normalized spacial score (nSPS) is 20.1. The van der Waals surface area contributed by atoms with E-state index in [-0.39, 0.29) is 24.2 Å². The molecule has 1 aliphatic rings. The minimum atomic E-state index is -0.325. The summed E-state index contributed by atoms with van der Waals surface area (Å²) < 4.78 is 0. The molecule has 0 radical (unpaired) electrons. The van der Waals surface area contributed by atoms with Crippen molar-refractivity contribution in [1.82, 2.24) is 4.90 Å². The van der Waals surface area contributed by atoms with Gasteiger partial charge in [0.25, 0.3) is 0 Å². The first-order valence-electron chi connectivity index (χ1n) is 5.80. The van der Waals surface area contributed by atoms with E-state index in [9.17, 15) is 9.59 Å². The van der Waals surface area contributed by atoms with Crippen LogP contribution in [0.2, 0.25) is 0 Å². The van der Waals surface area contributed by atoms with Crippen LogP contribution in [0.1, 0.15) is 30.4 Å². The Hall–Kier alpha value is -1.68. The highest BCUT2D eigenvalue weighted by atomic mass is 16.2. The van der Waals surface area contributed by atoms with Gasteiger partial charge in [-0.3, -0.25) is 14.5 Å². The molecule has 17 heavy (non-hydrogen) atoms. The molecule has 0 spiro atoms. The lowest BCUT2D eigenvalue weighted by atomic mass is 9.96. The number of likely N-dealkylation sites (N-methyl/N-ethyl adjacent to an activating group) is 1. The van der Waals surface area contributed by atoms with Crippen molar-refractivity contribution in [3.8, 4) is 0 Å². The van der Waals surface area contributed by atoms with E-state index in [2.05, 4.69) is 0 Å². The first-order chi connectivity index (χ1) is 8.17. The molecule has 0 aromatic heterocycles. The number of benzene rings is 1. The van der Waals surface area contributed by atoms with Crippen LogP contribution >= 0.6 is 0 Å². The van der Waals surface area contributed by atoms with Crippen molar-refractivity contribution in [3.05, 3.63) is 35.4 Å². The molecule has 4 heteroatoms. The number of amides is 2. The second-order valence-corrected chi connectivity index (χ2v) is 4.18. The smallest absolute Gasteiger partial charge is 0.237 e. The summed E-state index contributed by atoms with van der Waals surface area (Å²) in [5, 5.41) is 0. The molecule has 1 aromatic rings. The molecule has 0 bridgehead atoms. The van der Waals surface area contributed by atoms with Crippen molar-refractivity contribution in [3.63, 3.8) is 0 Å². The monoisotopic (exact) mass is 232 g/mol. The standard InChI is InChI=1S/C13H16N2O2/c1-2-15-12(16)7-11(13(15)17)10-5-3-4-9(6-10)8-14/h3-6,11H,2,7-8,14H2,1H3. The van der Waals surface area contributed by atoms with E-state index in [1.165, 1.54) is 4.90 Å².